The van der Waals surface area contributed by atoms with Gasteiger partial charge in [0.15, 0.2) is 0 Å². The Morgan fingerprint density at radius 1 is 0.688 bits per heavy atom. The summed E-state index contributed by atoms with van der Waals surface area (Å²) in [7, 11) is 0. The minimum absolute atomic E-state index is 0.179. The summed E-state index contributed by atoms with van der Waals surface area (Å²) >= 11 is 0. The predicted octanol–water partition coefficient (Wildman–Crippen LogP) is 9.40. The van der Waals surface area contributed by atoms with E-state index < -0.39 is 0 Å². The molecule has 3 aliphatic carbocycles. The first-order valence-electron chi connectivity index (χ1n) is 14.8. The summed E-state index contributed by atoms with van der Waals surface area (Å²) < 4.78 is 6.13. The maximum Gasteiger partial charge on any atom is 0.312 e. The molecule has 0 saturated heterocycles. The van der Waals surface area contributed by atoms with E-state index in [2.05, 4.69) is 13.8 Å². The molecule has 0 aromatic heterocycles. The van der Waals surface area contributed by atoms with E-state index in [1.165, 1.54) is 122 Å². The fraction of sp³-hybridized carbons (Fsp3) is 0.967. The molecule has 32 heavy (non-hydrogen) atoms. The number of hydrogen-bond donors (Lipinski definition) is 0. The third kappa shape index (κ3) is 6.32. The van der Waals surface area contributed by atoms with Crippen LogP contribution in [0.3, 0.4) is 0 Å². The molecule has 186 valence electrons. The summed E-state index contributed by atoms with van der Waals surface area (Å²) in [4.78, 5) is 13.8. The van der Waals surface area contributed by atoms with Gasteiger partial charge in [-0.25, -0.2) is 0 Å². The summed E-state index contributed by atoms with van der Waals surface area (Å²) in [5.74, 6) is 2.12. The zero-order valence-corrected chi connectivity index (χ0v) is 21.7. The zero-order chi connectivity index (χ0) is 22.7. The summed E-state index contributed by atoms with van der Waals surface area (Å²) in [5, 5.41) is 0. The average Bonchev–Trinajstić information content (AvgIpc) is 2.86. The number of hydrogen-bond acceptors (Lipinski definition) is 2. The molecule has 0 heterocycles. The highest BCUT2D eigenvalue weighted by Gasteiger charge is 2.57. The second kappa shape index (κ2) is 13.4. The first kappa shape index (κ1) is 26.1. The molecule has 3 fully saturated rings. The monoisotopic (exact) mass is 446 g/mol. The van der Waals surface area contributed by atoms with Gasteiger partial charge in [-0.15, -0.1) is 0 Å². The maximum atomic E-state index is 13.8. The van der Waals surface area contributed by atoms with Crippen molar-refractivity contribution in [2.45, 2.75) is 155 Å². The molecular weight excluding hydrogens is 392 g/mol. The standard InChI is InChI=1S/C30H54O2/c1-3-5-7-8-15-25-32-28(31)30(21-13-10-14-22-30)29(20-6-4-2)23-18-27(19-24-29)26-16-11-9-12-17-26/h26-27H,3-25H2,1-2H3. The number of rotatable bonds is 12. The molecule has 2 nitrogen and oxygen atoms in total. The van der Waals surface area contributed by atoms with Gasteiger partial charge >= 0.3 is 5.97 Å². The van der Waals surface area contributed by atoms with Crippen LogP contribution >= 0.6 is 0 Å². The molecule has 0 atom stereocenters. The Morgan fingerprint density at radius 3 is 1.94 bits per heavy atom. The van der Waals surface area contributed by atoms with Gasteiger partial charge in [0.2, 0.25) is 0 Å². The van der Waals surface area contributed by atoms with E-state index in [1.54, 1.807) is 0 Å². The second-order valence-electron chi connectivity index (χ2n) is 11.8. The van der Waals surface area contributed by atoms with Crippen molar-refractivity contribution in [2.24, 2.45) is 22.7 Å². The van der Waals surface area contributed by atoms with Crippen molar-refractivity contribution in [3.05, 3.63) is 0 Å². The van der Waals surface area contributed by atoms with Crippen LogP contribution in [0.25, 0.3) is 0 Å². The molecule has 0 aromatic rings. The number of carbonyl (C=O) groups is 1. The second-order valence-corrected chi connectivity index (χ2v) is 11.8. The molecule has 3 rings (SSSR count). The molecule has 2 heteroatoms. The maximum absolute atomic E-state index is 13.8. The summed E-state index contributed by atoms with van der Waals surface area (Å²) in [6, 6.07) is 0. The molecule has 0 spiro atoms. The molecule has 0 N–H and O–H groups in total. The lowest BCUT2D eigenvalue weighted by Crippen LogP contribution is -2.52. The smallest absolute Gasteiger partial charge is 0.312 e. The molecule has 0 amide bonds. The quantitative estimate of drug-likeness (QED) is 0.220. The molecule has 3 saturated carbocycles. The van der Waals surface area contributed by atoms with Gasteiger partial charge in [-0.05, 0) is 68.6 Å². The van der Waals surface area contributed by atoms with Gasteiger partial charge in [0.05, 0.1) is 12.0 Å². The van der Waals surface area contributed by atoms with Crippen molar-refractivity contribution in [3.8, 4) is 0 Å². The van der Waals surface area contributed by atoms with Crippen molar-refractivity contribution in [1.82, 2.24) is 0 Å². The van der Waals surface area contributed by atoms with E-state index in [1.807, 2.05) is 0 Å². The van der Waals surface area contributed by atoms with Gasteiger partial charge in [-0.2, -0.15) is 0 Å². The number of unbranched alkanes of at least 4 members (excludes halogenated alkanes) is 5. The lowest BCUT2D eigenvalue weighted by atomic mass is 9.49. The molecule has 0 unspecified atom stereocenters. The largest absolute Gasteiger partial charge is 0.465 e. The van der Waals surface area contributed by atoms with Crippen molar-refractivity contribution >= 4 is 5.97 Å². The Kier molecular flexibility index (Phi) is 10.9. The lowest BCUT2D eigenvalue weighted by molar-refractivity contribution is -0.175. The summed E-state index contributed by atoms with van der Waals surface area (Å²) in [6.07, 6.45) is 28.5. The predicted molar refractivity (Wildman–Crippen MR) is 136 cm³/mol. The molecule has 0 aromatic carbocycles. The Balaban J connectivity index is 1.68. The van der Waals surface area contributed by atoms with Gasteiger partial charge in [-0.1, -0.05) is 104 Å². The fourth-order valence-electron chi connectivity index (χ4n) is 7.87. The highest BCUT2D eigenvalue weighted by Crippen LogP contribution is 2.61. The summed E-state index contributed by atoms with van der Waals surface area (Å²) in [5.41, 5.74) is 0.0370. The van der Waals surface area contributed by atoms with E-state index in [4.69, 9.17) is 4.74 Å². The molecule has 3 aliphatic rings. The molecular formula is C30H54O2. The molecule has 0 aliphatic heterocycles. The van der Waals surface area contributed by atoms with E-state index in [0.717, 1.165) is 31.1 Å². The Hall–Kier alpha value is -0.530. The van der Waals surface area contributed by atoms with Crippen LogP contribution in [0.1, 0.15) is 155 Å². The Labute approximate surface area is 200 Å². The third-order valence-corrected chi connectivity index (χ3v) is 9.91. The van der Waals surface area contributed by atoms with Crippen LogP contribution in [0.15, 0.2) is 0 Å². The lowest BCUT2D eigenvalue weighted by Gasteiger charge is -2.55. The van der Waals surface area contributed by atoms with Crippen molar-refractivity contribution in [2.75, 3.05) is 6.61 Å². The highest BCUT2D eigenvalue weighted by molar-refractivity contribution is 5.78. The topological polar surface area (TPSA) is 26.3 Å². The van der Waals surface area contributed by atoms with Gasteiger partial charge in [0.25, 0.3) is 0 Å². The van der Waals surface area contributed by atoms with Crippen LogP contribution in [-0.2, 0) is 9.53 Å². The third-order valence-electron chi connectivity index (χ3n) is 9.91. The molecule has 0 radical (unpaired) electrons. The van der Waals surface area contributed by atoms with Crippen LogP contribution in [0.4, 0.5) is 0 Å². The Morgan fingerprint density at radius 2 is 1.28 bits per heavy atom. The van der Waals surface area contributed by atoms with E-state index in [9.17, 15) is 4.79 Å². The van der Waals surface area contributed by atoms with Gasteiger partial charge in [0.1, 0.15) is 0 Å². The van der Waals surface area contributed by atoms with Gasteiger partial charge in [-0.3, -0.25) is 4.79 Å². The van der Waals surface area contributed by atoms with Crippen LogP contribution in [0.2, 0.25) is 0 Å². The number of esters is 1. The van der Waals surface area contributed by atoms with Crippen LogP contribution in [-0.4, -0.2) is 12.6 Å². The van der Waals surface area contributed by atoms with E-state index in [0.29, 0.717) is 6.61 Å². The van der Waals surface area contributed by atoms with Crippen molar-refractivity contribution in [3.63, 3.8) is 0 Å². The van der Waals surface area contributed by atoms with E-state index >= 15 is 0 Å². The van der Waals surface area contributed by atoms with E-state index in [-0.39, 0.29) is 16.8 Å². The number of ether oxygens (including phenoxy) is 1. The van der Waals surface area contributed by atoms with Crippen molar-refractivity contribution in [1.29, 1.82) is 0 Å². The zero-order valence-electron chi connectivity index (χ0n) is 21.7. The number of carbonyl (C=O) groups excluding carboxylic acids is 1. The van der Waals surface area contributed by atoms with Gasteiger partial charge in [0, 0.05) is 0 Å². The summed E-state index contributed by atoms with van der Waals surface area (Å²) in [6.45, 7) is 5.23. The SMILES string of the molecule is CCCCCCCOC(=O)C1(C2(CCCC)CCC(C3CCCCC3)CC2)CCCCC1. The van der Waals surface area contributed by atoms with Gasteiger partial charge < -0.3 is 4.74 Å². The van der Waals surface area contributed by atoms with Crippen LogP contribution < -0.4 is 0 Å². The normalized spacial score (nSPS) is 29.0. The van der Waals surface area contributed by atoms with Crippen LogP contribution in [0, 0.1) is 22.7 Å². The minimum atomic E-state index is -0.179. The average molecular weight is 447 g/mol. The fourth-order valence-corrected chi connectivity index (χ4v) is 7.87. The Bertz CT molecular complexity index is 519. The first-order chi connectivity index (χ1) is 15.7. The first-order valence-corrected chi connectivity index (χ1v) is 14.8. The van der Waals surface area contributed by atoms with Crippen LogP contribution in [0.5, 0.6) is 0 Å². The molecule has 0 bridgehead atoms. The highest BCUT2D eigenvalue weighted by atomic mass is 16.5. The van der Waals surface area contributed by atoms with Crippen molar-refractivity contribution < 1.29 is 9.53 Å². The minimum Gasteiger partial charge on any atom is -0.465 e.